The molecule has 0 saturated carbocycles. The maximum atomic E-state index is 12.8. The summed E-state index contributed by atoms with van der Waals surface area (Å²) in [6, 6.07) is 23.6. The van der Waals surface area contributed by atoms with Gasteiger partial charge in [0.05, 0.1) is 16.9 Å². The Bertz CT molecular complexity index is 1120. The maximum absolute atomic E-state index is 12.8. The van der Waals surface area contributed by atoms with Crippen molar-refractivity contribution in [3.05, 3.63) is 94.6 Å². The molecular weight excluding hydrogens is 414 g/mol. The minimum absolute atomic E-state index is 0.0880. The lowest BCUT2D eigenvalue weighted by Crippen LogP contribution is -2.26. The molecule has 0 fully saturated rings. The van der Waals surface area contributed by atoms with Crippen molar-refractivity contribution >= 4 is 44.1 Å². The van der Waals surface area contributed by atoms with Gasteiger partial charge in [0.2, 0.25) is 0 Å². The van der Waals surface area contributed by atoms with Gasteiger partial charge in [-0.3, -0.25) is 4.79 Å². The zero-order valence-electron chi connectivity index (χ0n) is 15.2. The number of para-hydroxylation sites is 3. The first kappa shape index (κ1) is 18.3. The van der Waals surface area contributed by atoms with E-state index in [0.717, 1.165) is 27.8 Å². The first-order chi connectivity index (χ1) is 13.7. The molecule has 0 unspecified atom stereocenters. The van der Waals surface area contributed by atoms with E-state index in [2.05, 4.69) is 43.7 Å². The highest BCUT2D eigenvalue weighted by Gasteiger charge is 2.12. The number of H-pyrrole nitrogens is 1. The van der Waals surface area contributed by atoms with Crippen molar-refractivity contribution in [3.63, 3.8) is 0 Å². The quantitative estimate of drug-likeness (QED) is 0.368. The lowest BCUT2D eigenvalue weighted by atomic mass is 10.1. The lowest BCUT2D eigenvalue weighted by molar-refractivity contribution is 0.0955. The molecule has 28 heavy (non-hydrogen) atoms. The van der Waals surface area contributed by atoms with Crippen LogP contribution >= 0.6 is 15.9 Å². The number of hydrogen-bond donors (Lipinski definition) is 3. The van der Waals surface area contributed by atoms with Crippen LogP contribution in [0.2, 0.25) is 0 Å². The molecule has 1 heterocycles. The van der Waals surface area contributed by atoms with E-state index in [4.69, 9.17) is 0 Å². The lowest BCUT2D eigenvalue weighted by Gasteiger charge is -2.13. The number of nitrogens with one attached hydrogen (secondary N) is 3. The fourth-order valence-corrected chi connectivity index (χ4v) is 3.63. The number of halogens is 1. The Kier molecular flexibility index (Phi) is 5.44. The average molecular weight is 434 g/mol. The molecule has 140 valence electrons. The number of carbonyl (C=O) groups excluding carboxylic acids is 1. The van der Waals surface area contributed by atoms with Gasteiger partial charge in [-0.2, -0.15) is 0 Å². The van der Waals surface area contributed by atoms with Crippen molar-refractivity contribution < 1.29 is 4.79 Å². The Labute approximate surface area is 172 Å². The smallest absolute Gasteiger partial charge is 0.253 e. The third-order valence-corrected chi connectivity index (χ3v) is 5.36. The molecular formula is C23H20BrN3O. The maximum Gasteiger partial charge on any atom is 0.253 e. The third kappa shape index (κ3) is 3.94. The zero-order valence-corrected chi connectivity index (χ0v) is 16.8. The fraction of sp³-hybridized carbons (Fsp3) is 0.0870. The standard InChI is InChI=1S/C23H20BrN3O/c24-19-9-3-6-12-22(19)27-21-11-5-2-8-18(21)23(28)25-14-13-16-15-26-20-10-4-1-7-17(16)20/h1-12,15,26-27H,13-14H2,(H,25,28). The van der Waals surface area contributed by atoms with E-state index in [1.54, 1.807) is 0 Å². The summed E-state index contributed by atoms with van der Waals surface area (Å²) in [5.41, 5.74) is 4.64. The van der Waals surface area contributed by atoms with E-state index in [0.29, 0.717) is 12.1 Å². The number of anilines is 2. The summed E-state index contributed by atoms with van der Waals surface area (Å²) in [6.45, 7) is 0.573. The van der Waals surface area contributed by atoms with Gasteiger partial charge in [0, 0.05) is 28.1 Å². The van der Waals surface area contributed by atoms with Crippen molar-refractivity contribution in [1.29, 1.82) is 0 Å². The van der Waals surface area contributed by atoms with Gasteiger partial charge < -0.3 is 15.6 Å². The molecule has 1 aromatic heterocycles. The molecule has 0 aliphatic heterocycles. The number of rotatable bonds is 6. The second-order valence-corrected chi connectivity index (χ2v) is 7.37. The van der Waals surface area contributed by atoms with E-state index in [1.807, 2.05) is 66.9 Å². The van der Waals surface area contributed by atoms with E-state index >= 15 is 0 Å². The van der Waals surface area contributed by atoms with Crippen LogP contribution in [0.3, 0.4) is 0 Å². The van der Waals surface area contributed by atoms with Crippen molar-refractivity contribution in [2.75, 3.05) is 11.9 Å². The molecule has 0 aliphatic rings. The van der Waals surface area contributed by atoms with Crippen molar-refractivity contribution in [2.45, 2.75) is 6.42 Å². The van der Waals surface area contributed by atoms with Crippen LogP contribution in [0.1, 0.15) is 15.9 Å². The second-order valence-electron chi connectivity index (χ2n) is 6.52. The molecule has 0 saturated heterocycles. The highest BCUT2D eigenvalue weighted by molar-refractivity contribution is 9.10. The van der Waals surface area contributed by atoms with Crippen LogP contribution in [0.15, 0.2) is 83.5 Å². The van der Waals surface area contributed by atoms with Crippen molar-refractivity contribution in [2.24, 2.45) is 0 Å². The van der Waals surface area contributed by atoms with Crippen LogP contribution in [0.25, 0.3) is 10.9 Å². The molecule has 4 rings (SSSR count). The summed E-state index contributed by atoms with van der Waals surface area (Å²) in [5.74, 6) is -0.0880. The minimum atomic E-state index is -0.0880. The predicted octanol–water partition coefficient (Wildman–Crippen LogP) is 5.65. The predicted molar refractivity (Wildman–Crippen MR) is 118 cm³/mol. The van der Waals surface area contributed by atoms with Crippen LogP contribution in [0.4, 0.5) is 11.4 Å². The van der Waals surface area contributed by atoms with Gasteiger partial charge in [-0.05, 0) is 58.2 Å². The largest absolute Gasteiger partial charge is 0.361 e. The monoisotopic (exact) mass is 433 g/mol. The highest BCUT2D eigenvalue weighted by atomic mass is 79.9. The normalized spacial score (nSPS) is 10.8. The number of aromatic amines is 1. The average Bonchev–Trinajstić information content (AvgIpc) is 3.13. The zero-order chi connectivity index (χ0) is 19.3. The Morgan fingerprint density at radius 1 is 0.893 bits per heavy atom. The van der Waals surface area contributed by atoms with Crippen LogP contribution in [0, 0.1) is 0 Å². The molecule has 0 spiro atoms. The van der Waals surface area contributed by atoms with Gasteiger partial charge in [-0.25, -0.2) is 0 Å². The Hall–Kier alpha value is -3.05. The molecule has 0 aliphatic carbocycles. The summed E-state index contributed by atoms with van der Waals surface area (Å²) in [4.78, 5) is 16.0. The fourth-order valence-electron chi connectivity index (χ4n) is 3.24. The van der Waals surface area contributed by atoms with E-state index in [1.165, 1.54) is 10.9 Å². The molecule has 0 bridgehead atoms. The molecule has 3 aromatic carbocycles. The van der Waals surface area contributed by atoms with Crippen LogP contribution in [-0.4, -0.2) is 17.4 Å². The van der Waals surface area contributed by atoms with Gasteiger partial charge in [0.15, 0.2) is 0 Å². The highest BCUT2D eigenvalue weighted by Crippen LogP contribution is 2.27. The first-order valence-electron chi connectivity index (χ1n) is 9.16. The third-order valence-electron chi connectivity index (χ3n) is 4.67. The second kappa shape index (κ2) is 8.31. The molecule has 3 N–H and O–H groups in total. The van der Waals surface area contributed by atoms with E-state index in [-0.39, 0.29) is 5.91 Å². The Balaban J connectivity index is 1.44. The number of fused-ring (bicyclic) bond motifs is 1. The molecule has 4 nitrogen and oxygen atoms in total. The van der Waals surface area contributed by atoms with E-state index in [9.17, 15) is 4.79 Å². The minimum Gasteiger partial charge on any atom is -0.361 e. The number of benzene rings is 3. The topological polar surface area (TPSA) is 56.9 Å². The van der Waals surface area contributed by atoms with Crippen molar-refractivity contribution in [1.82, 2.24) is 10.3 Å². The van der Waals surface area contributed by atoms with Gasteiger partial charge >= 0.3 is 0 Å². The summed E-state index contributed by atoms with van der Waals surface area (Å²) >= 11 is 3.53. The van der Waals surface area contributed by atoms with Crippen molar-refractivity contribution in [3.8, 4) is 0 Å². The number of hydrogen-bond acceptors (Lipinski definition) is 2. The van der Waals surface area contributed by atoms with Crippen LogP contribution in [-0.2, 0) is 6.42 Å². The van der Waals surface area contributed by atoms with Gasteiger partial charge in [0.25, 0.3) is 5.91 Å². The van der Waals surface area contributed by atoms with Gasteiger partial charge in [0.1, 0.15) is 0 Å². The Morgan fingerprint density at radius 2 is 1.61 bits per heavy atom. The number of amides is 1. The number of aromatic nitrogens is 1. The summed E-state index contributed by atoms with van der Waals surface area (Å²) in [6.07, 6.45) is 2.79. The molecule has 5 heteroatoms. The first-order valence-corrected chi connectivity index (χ1v) is 9.95. The van der Waals surface area contributed by atoms with Gasteiger partial charge in [-0.15, -0.1) is 0 Å². The molecule has 4 aromatic rings. The summed E-state index contributed by atoms with van der Waals surface area (Å²) in [5, 5.41) is 7.58. The van der Waals surface area contributed by atoms with Gasteiger partial charge in [-0.1, -0.05) is 42.5 Å². The summed E-state index contributed by atoms with van der Waals surface area (Å²) in [7, 11) is 0. The number of carbonyl (C=O) groups is 1. The SMILES string of the molecule is O=C(NCCc1c[nH]c2ccccc12)c1ccccc1Nc1ccccc1Br. The molecule has 0 atom stereocenters. The van der Waals surface area contributed by atoms with Crippen LogP contribution < -0.4 is 10.6 Å². The molecule has 0 radical (unpaired) electrons. The van der Waals surface area contributed by atoms with Crippen LogP contribution in [0.5, 0.6) is 0 Å². The van der Waals surface area contributed by atoms with E-state index < -0.39 is 0 Å². The summed E-state index contributed by atoms with van der Waals surface area (Å²) < 4.78 is 0.949. The Morgan fingerprint density at radius 3 is 2.46 bits per heavy atom. The molecule has 1 amide bonds.